The van der Waals surface area contributed by atoms with Gasteiger partial charge in [-0.3, -0.25) is 9.59 Å². The lowest BCUT2D eigenvalue weighted by Crippen LogP contribution is -2.43. The van der Waals surface area contributed by atoms with Crippen LogP contribution < -0.4 is 5.73 Å². The number of nitrogens with two attached hydrogens (primary N) is 1. The van der Waals surface area contributed by atoms with E-state index in [0.29, 0.717) is 17.8 Å². The molecule has 2 amide bonds. The molecule has 0 radical (unpaired) electrons. The Morgan fingerprint density at radius 2 is 2.28 bits per heavy atom. The summed E-state index contributed by atoms with van der Waals surface area (Å²) >= 11 is 1.41. The average Bonchev–Trinajstić information content (AvgIpc) is 2.94. The fraction of sp³-hybridized carbons (Fsp3) is 0.583. The van der Waals surface area contributed by atoms with Gasteiger partial charge in [0.05, 0.1) is 10.7 Å². The Morgan fingerprint density at radius 1 is 1.56 bits per heavy atom. The molecule has 1 aliphatic rings. The van der Waals surface area contributed by atoms with Crippen molar-refractivity contribution in [3.63, 3.8) is 0 Å². The molecular weight excluding hydrogens is 250 g/mol. The van der Waals surface area contributed by atoms with Crippen molar-refractivity contribution in [1.82, 2.24) is 9.88 Å². The van der Waals surface area contributed by atoms with Crippen molar-refractivity contribution >= 4 is 23.2 Å². The first kappa shape index (κ1) is 13.0. The molecule has 18 heavy (non-hydrogen) atoms. The highest BCUT2D eigenvalue weighted by Crippen LogP contribution is 2.25. The number of likely N-dealkylation sites (tertiary alicyclic amines) is 1. The number of hydrogen-bond acceptors (Lipinski definition) is 4. The molecule has 6 heteroatoms. The van der Waals surface area contributed by atoms with Crippen LogP contribution in [-0.2, 0) is 11.2 Å². The molecule has 2 heterocycles. The fourth-order valence-electron chi connectivity index (χ4n) is 2.24. The fourth-order valence-corrected chi connectivity index (χ4v) is 3.20. The second kappa shape index (κ2) is 5.06. The van der Waals surface area contributed by atoms with E-state index in [1.165, 1.54) is 11.3 Å². The van der Waals surface area contributed by atoms with Gasteiger partial charge in [-0.1, -0.05) is 6.92 Å². The van der Waals surface area contributed by atoms with Gasteiger partial charge in [-0.05, 0) is 26.2 Å². The Labute approximate surface area is 110 Å². The maximum atomic E-state index is 12.4. The van der Waals surface area contributed by atoms with Crippen molar-refractivity contribution in [3.05, 3.63) is 15.6 Å². The first-order valence-corrected chi connectivity index (χ1v) is 6.92. The van der Waals surface area contributed by atoms with Crippen LogP contribution in [0.5, 0.6) is 0 Å². The van der Waals surface area contributed by atoms with Crippen molar-refractivity contribution in [2.45, 2.75) is 39.2 Å². The highest BCUT2D eigenvalue weighted by atomic mass is 32.1. The van der Waals surface area contributed by atoms with Gasteiger partial charge in [0, 0.05) is 6.54 Å². The average molecular weight is 267 g/mol. The van der Waals surface area contributed by atoms with Crippen LogP contribution in [0.15, 0.2) is 0 Å². The molecule has 0 aromatic carbocycles. The molecule has 1 saturated heterocycles. The number of thiazole rings is 1. The zero-order valence-corrected chi connectivity index (χ0v) is 11.4. The predicted octanol–water partition coefficient (Wildman–Crippen LogP) is 1.10. The second-order valence-electron chi connectivity index (χ2n) is 4.43. The number of primary amides is 1. The van der Waals surface area contributed by atoms with E-state index in [9.17, 15) is 9.59 Å². The summed E-state index contributed by atoms with van der Waals surface area (Å²) in [6.45, 7) is 4.44. The molecule has 0 spiro atoms. The van der Waals surface area contributed by atoms with E-state index in [-0.39, 0.29) is 5.91 Å². The summed E-state index contributed by atoms with van der Waals surface area (Å²) in [5.74, 6) is -0.523. The summed E-state index contributed by atoms with van der Waals surface area (Å²) in [5.41, 5.74) is 6.08. The molecule has 2 rings (SSSR count). The summed E-state index contributed by atoms with van der Waals surface area (Å²) in [5, 5.41) is 0.950. The first-order chi connectivity index (χ1) is 8.54. The van der Waals surface area contributed by atoms with Crippen LogP contribution in [0.1, 0.15) is 40.1 Å². The quantitative estimate of drug-likeness (QED) is 0.891. The summed E-state index contributed by atoms with van der Waals surface area (Å²) in [4.78, 5) is 30.3. The van der Waals surface area contributed by atoms with Crippen LogP contribution in [-0.4, -0.2) is 34.3 Å². The third kappa shape index (κ3) is 2.25. The van der Waals surface area contributed by atoms with Crippen LogP contribution in [0, 0.1) is 6.92 Å². The number of nitrogens with zero attached hydrogens (tertiary/aromatic N) is 2. The number of hydrogen-bond donors (Lipinski definition) is 1. The smallest absolute Gasteiger partial charge is 0.266 e. The van der Waals surface area contributed by atoms with Crippen molar-refractivity contribution in [1.29, 1.82) is 0 Å². The van der Waals surface area contributed by atoms with E-state index >= 15 is 0 Å². The maximum Gasteiger partial charge on any atom is 0.266 e. The van der Waals surface area contributed by atoms with Crippen LogP contribution in [0.4, 0.5) is 0 Å². The number of carbonyl (C=O) groups excluding carboxylic acids is 2. The van der Waals surface area contributed by atoms with Gasteiger partial charge in [0.1, 0.15) is 10.9 Å². The topological polar surface area (TPSA) is 76.3 Å². The van der Waals surface area contributed by atoms with E-state index in [2.05, 4.69) is 4.98 Å². The summed E-state index contributed by atoms with van der Waals surface area (Å²) in [6.07, 6.45) is 2.31. The van der Waals surface area contributed by atoms with Crippen LogP contribution in [0.25, 0.3) is 0 Å². The zero-order valence-electron chi connectivity index (χ0n) is 10.6. The van der Waals surface area contributed by atoms with Gasteiger partial charge in [-0.15, -0.1) is 11.3 Å². The number of aromatic nitrogens is 1. The Balaban J connectivity index is 2.25. The molecule has 1 atom stereocenters. The highest BCUT2D eigenvalue weighted by Gasteiger charge is 2.34. The number of carbonyl (C=O) groups is 2. The molecule has 0 bridgehead atoms. The lowest BCUT2D eigenvalue weighted by molar-refractivity contribution is -0.121. The lowest BCUT2D eigenvalue weighted by Gasteiger charge is -2.21. The third-order valence-corrected chi connectivity index (χ3v) is 4.47. The van der Waals surface area contributed by atoms with E-state index in [1.54, 1.807) is 4.90 Å². The summed E-state index contributed by atoms with van der Waals surface area (Å²) < 4.78 is 0. The van der Waals surface area contributed by atoms with E-state index < -0.39 is 11.9 Å². The standard InChI is InChI=1S/C12H17N3O2S/c1-3-9-14-7(2)10(18-9)12(17)15-6-4-5-8(15)11(13)16/h8H,3-6H2,1-2H3,(H2,13,16)/t8-/m0/s1. The molecule has 98 valence electrons. The number of rotatable bonds is 3. The third-order valence-electron chi connectivity index (χ3n) is 3.18. The molecule has 2 N–H and O–H groups in total. The molecular formula is C12H17N3O2S. The lowest BCUT2D eigenvalue weighted by atomic mass is 10.2. The monoisotopic (exact) mass is 267 g/mol. The van der Waals surface area contributed by atoms with Gasteiger partial charge < -0.3 is 10.6 Å². The first-order valence-electron chi connectivity index (χ1n) is 6.11. The normalized spacial score (nSPS) is 19.2. The van der Waals surface area contributed by atoms with Gasteiger partial charge in [-0.2, -0.15) is 0 Å². The Kier molecular flexibility index (Phi) is 3.65. The Morgan fingerprint density at radius 3 is 2.83 bits per heavy atom. The highest BCUT2D eigenvalue weighted by molar-refractivity contribution is 7.13. The minimum atomic E-state index is -0.455. The molecule has 1 aromatic heterocycles. The van der Waals surface area contributed by atoms with Crippen LogP contribution in [0.2, 0.25) is 0 Å². The van der Waals surface area contributed by atoms with Crippen molar-refractivity contribution in [2.75, 3.05) is 6.54 Å². The minimum absolute atomic E-state index is 0.106. The molecule has 5 nitrogen and oxygen atoms in total. The van der Waals surface area contributed by atoms with Crippen LogP contribution in [0.3, 0.4) is 0 Å². The van der Waals surface area contributed by atoms with Gasteiger partial charge in [0.2, 0.25) is 5.91 Å². The van der Waals surface area contributed by atoms with Crippen molar-refractivity contribution in [3.8, 4) is 0 Å². The molecule has 0 unspecified atom stereocenters. The summed E-state index contributed by atoms with van der Waals surface area (Å²) in [7, 11) is 0. The molecule has 0 saturated carbocycles. The van der Waals surface area contributed by atoms with E-state index in [0.717, 1.165) is 23.5 Å². The minimum Gasteiger partial charge on any atom is -0.368 e. The van der Waals surface area contributed by atoms with E-state index in [1.807, 2.05) is 13.8 Å². The number of amides is 2. The number of aryl methyl sites for hydroxylation is 2. The largest absolute Gasteiger partial charge is 0.368 e. The van der Waals surface area contributed by atoms with Crippen molar-refractivity contribution in [2.24, 2.45) is 5.73 Å². The molecule has 1 aliphatic heterocycles. The molecule has 1 fully saturated rings. The zero-order chi connectivity index (χ0) is 13.3. The van der Waals surface area contributed by atoms with Gasteiger partial charge >= 0.3 is 0 Å². The van der Waals surface area contributed by atoms with Gasteiger partial charge in [0.15, 0.2) is 0 Å². The van der Waals surface area contributed by atoms with Crippen LogP contribution >= 0.6 is 11.3 Å². The SMILES string of the molecule is CCc1nc(C)c(C(=O)N2CCC[C@H]2C(N)=O)s1. The molecule has 0 aliphatic carbocycles. The molecule has 1 aromatic rings. The van der Waals surface area contributed by atoms with Crippen molar-refractivity contribution < 1.29 is 9.59 Å². The van der Waals surface area contributed by atoms with Gasteiger partial charge in [-0.25, -0.2) is 4.98 Å². The Hall–Kier alpha value is -1.43. The second-order valence-corrected chi connectivity index (χ2v) is 5.52. The maximum absolute atomic E-state index is 12.4. The Bertz CT molecular complexity index is 484. The predicted molar refractivity (Wildman–Crippen MR) is 69.5 cm³/mol. The summed E-state index contributed by atoms with van der Waals surface area (Å²) in [6, 6.07) is -0.455. The van der Waals surface area contributed by atoms with Gasteiger partial charge in [0.25, 0.3) is 5.91 Å². The van der Waals surface area contributed by atoms with E-state index in [4.69, 9.17) is 5.73 Å².